The number of benzene rings is 1. The second-order valence-electron chi connectivity index (χ2n) is 5.31. The van der Waals surface area contributed by atoms with E-state index < -0.39 is 11.8 Å². The maximum atomic E-state index is 10.7. The van der Waals surface area contributed by atoms with Crippen LogP contribution < -0.4 is 4.90 Å². The van der Waals surface area contributed by atoms with E-state index in [-0.39, 0.29) is 12.6 Å². The standard InChI is InChI=1S/C15H21NO4/c1-4-16(13-10-19-15(2,3)20-13)12-7-5-11(6-8-12)9-14(17)18/h5-8,13H,4,9-10H2,1-3H3,(H,17,18)/t13-/m0/s1. The maximum absolute atomic E-state index is 10.7. The minimum atomic E-state index is -0.820. The number of carbonyl (C=O) groups is 1. The highest BCUT2D eigenvalue weighted by molar-refractivity contribution is 5.70. The zero-order chi connectivity index (χ0) is 14.8. The normalized spacial score (nSPS) is 20.9. The van der Waals surface area contributed by atoms with E-state index in [1.165, 1.54) is 0 Å². The van der Waals surface area contributed by atoms with Gasteiger partial charge in [-0.05, 0) is 38.5 Å². The molecule has 5 nitrogen and oxygen atoms in total. The van der Waals surface area contributed by atoms with Crippen molar-refractivity contribution in [2.24, 2.45) is 0 Å². The third-order valence-electron chi connectivity index (χ3n) is 3.31. The number of likely N-dealkylation sites (N-methyl/N-ethyl adjacent to an activating group) is 1. The molecule has 20 heavy (non-hydrogen) atoms. The predicted octanol–water partition coefficient (Wildman–Crippen LogP) is 2.25. The van der Waals surface area contributed by atoms with Crippen molar-refractivity contribution < 1.29 is 19.4 Å². The Labute approximate surface area is 119 Å². The molecule has 1 aliphatic rings. The molecule has 1 atom stereocenters. The Balaban J connectivity index is 2.10. The Bertz CT molecular complexity index is 469. The first-order valence-electron chi connectivity index (χ1n) is 6.80. The molecule has 0 bridgehead atoms. The van der Waals surface area contributed by atoms with E-state index in [9.17, 15) is 4.79 Å². The fourth-order valence-electron chi connectivity index (χ4n) is 2.35. The summed E-state index contributed by atoms with van der Waals surface area (Å²) in [6.45, 7) is 7.17. The molecule has 1 aromatic carbocycles. The Morgan fingerprint density at radius 3 is 2.50 bits per heavy atom. The van der Waals surface area contributed by atoms with E-state index in [0.29, 0.717) is 6.61 Å². The number of nitrogens with zero attached hydrogens (tertiary/aromatic N) is 1. The van der Waals surface area contributed by atoms with Crippen LogP contribution in [0.25, 0.3) is 0 Å². The first-order valence-corrected chi connectivity index (χ1v) is 6.80. The van der Waals surface area contributed by atoms with Crippen molar-refractivity contribution in [2.75, 3.05) is 18.1 Å². The first kappa shape index (κ1) is 14.8. The summed E-state index contributed by atoms with van der Waals surface area (Å²) in [6, 6.07) is 7.53. The molecule has 0 aliphatic carbocycles. The van der Waals surface area contributed by atoms with Gasteiger partial charge in [-0.25, -0.2) is 0 Å². The number of ether oxygens (including phenoxy) is 2. The van der Waals surface area contributed by atoms with Crippen LogP contribution in [-0.4, -0.2) is 36.2 Å². The lowest BCUT2D eigenvalue weighted by molar-refractivity contribution is -0.138. The fraction of sp³-hybridized carbons (Fsp3) is 0.533. The average molecular weight is 279 g/mol. The van der Waals surface area contributed by atoms with Gasteiger partial charge in [0.25, 0.3) is 0 Å². The van der Waals surface area contributed by atoms with E-state index in [2.05, 4.69) is 11.8 Å². The summed E-state index contributed by atoms with van der Waals surface area (Å²) < 4.78 is 11.5. The molecule has 110 valence electrons. The smallest absolute Gasteiger partial charge is 0.307 e. The number of carboxylic acid groups (broad SMARTS) is 1. The molecule has 0 spiro atoms. The van der Waals surface area contributed by atoms with E-state index in [1.54, 1.807) is 0 Å². The van der Waals surface area contributed by atoms with Gasteiger partial charge in [0.1, 0.15) is 0 Å². The van der Waals surface area contributed by atoms with Gasteiger partial charge in [-0.1, -0.05) is 12.1 Å². The number of rotatable bonds is 5. The Hall–Kier alpha value is -1.59. The van der Waals surface area contributed by atoms with E-state index in [0.717, 1.165) is 17.8 Å². The number of aliphatic carboxylic acids is 1. The lowest BCUT2D eigenvalue weighted by Crippen LogP contribution is -2.38. The first-order chi connectivity index (χ1) is 9.41. The van der Waals surface area contributed by atoms with Crippen molar-refractivity contribution in [3.63, 3.8) is 0 Å². The second kappa shape index (κ2) is 5.81. The molecule has 0 unspecified atom stereocenters. The molecule has 1 fully saturated rings. The second-order valence-corrected chi connectivity index (χ2v) is 5.31. The molecule has 0 radical (unpaired) electrons. The molecule has 1 aliphatic heterocycles. The van der Waals surface area contributed by atoms with E-state index in [4.69, 9.17) is 14.6 Å². The molecule has 0 amide bonds. The van der Waals surface area contributed by atoms with Gasteiger partial charge in [-0.2, -0.15) is 0 Å². The quantitative estimate of drug-likeness (QED) is 0.895. The van der Waals surface area contributed by atoms with Gasteiger partial charge in [-0.3, -0.25) is 4.79 Å². The third kappa shape index (κ3) is 3.49. The van der Waals surface area contributed by atoms with Crippen molar-refractivity contribution in [1.82, 2.24) is 0 Å². The SMILES string of the molecule is CCN(c1ccc(CC(=O)O)cc1)[C@@H]1COC(C)(C)O1. The molecule has 1 saturated heterocycles. The Kier molecular flexibility index (Phi) is 4.30. The minimum absolute atomic E-state index is 0.0441. The summed E-state index contributed by atoms with van der Waals surface area (Å²) in [5.41, 5.74) is 1.80. The van der Waals surface area contributed by atoms with Gasteiger partial charge in [0.05, 0.1) is 13.0 Å². The van der Waals surface area contributed by atoms with Crippen molar-refractivity contribution in [3.05, 3.63) is 29.8 Å². The van der Waals surface area contributed by atoms with Gasteiger partial charge in [0, 0.05) is 12.2 Å². The lowest BCUT2D eigenvalue weighted by atomic mass is 10.1. The molecule has 5 heteroatoms. The Morgan fingerprint density at radius 2 is 2.05 bits per heavy atom. The largest absolute Gasteiger partial charge is 0.481 e. The summed E-state index contributed by atoms with van der Waals surface area (Å²) in [6.07, 6.45) is -0.0667. The van der Waals surface area contributed by atoms with Crippen LogP contribution >= 0.6 is 0 Å². The highest BCUT2D eigenvalue weighted by atomic mass is 16.8. The van der Waals surface area contributed by atoms with Crippen molar-refractivity contribution in [2.45, 2.75) is 39.2 Å². The van der Waals surface area contributed by atoms with Crippen molar-refractivity contribution in [3.8, 4) is 0 Å². The molecular weight excluding hydrogens is 258 g/mol. The molecule has 0 saturated carbocycles. The van der Waals surface area contributed by atoms with Crippen molar-refractivity contribution in [1.29, 1.82) is 0 Å². The number of hydrogen-bond donors (Lipinski definition) is 1. The molecule has 2 rings (SSSR count). The molecule has 1 heterocycles. The summed E-state index contributed by atoms with van der Waals surface area (Å²) in [4.78, 5) is 12.8. The summed E-state index contributed by atoms with van der Waals surface area (Å²) in [7, 11) is 0. The van der Waals surface area contributed by atoms with Crippen LogP contribution in [0.4, 0.5) is 5.69 Å². The minimum Gasteiger partial charge on any atom is -0.481 e. The summed E-state index contributed by atoms with van der Waals surface area (Å²) in [5, 5.41) is 8.77. The van der Waals surface area contributed by atoms with Gasteiger partial charge < -0.3 is 19.5 Å². The van der Waals surface area contributed by atoms with Crippen LogP contribution in [0.1, 0.15) is 26.3 Å². The lowest BCUT2D eigenvalue weighted by Gasteiger charge is -2.29. The van der Waals surface area contributed by atoms with Crippen LogP contribution in [0.3, 0.4) is 0 Å². The van der Waals surface area contributed by atoms with Crippen LogP contribution in [-0.2, 0) is 20.7 Å². The summed E-state index contributed by atoms with van der Waals surface area (Å²) in [5.74, 6) is -1.37. The third-order valence-corrected chi connectivity index (χ3v) is 3.31. The topological polar surface area (TPSA) is 59.0 Å². The zero-order valence-corrected chi connectivity index (χ0v) is 12.1. The van der Waals surface area contributed by atoms with Crippen LogP contribution in [0.15, 0.2) is 24.3 Å². The molecule has 0 aromatic heterocycles. The number of carboxylic acids is 1. The maximum Gasteiger partial charge on any atom is 0.307 e. The number of anilines is 1. The molecular formula is C15H21NO4. The van der Waals surface area contributed by atoms with E-state index in [1.807, 2.05) is 38.1 Å². The van der Waals surface area contributed by atoms with Crippen LogP contribution in [0, 0.1) is 0 Å². The summed E-state index contributed by atoms with van der Waals surface area (Å²) >= 11 is 0. The van der Waals surface area contributed by atoms with Crippen LogP contribution in [0.2, 0.25) is 0 Å². The average Bonchev–Trinajstić information content (AvgIpc) is 2.72. The molecule has 1 aromatic rings. The monoisotopic (exact) mass is 279 g/mol. The van der Waals surface area contributed by atoms with Gasteiger partial charge in [0.15, 0.2) is 12.0 Å². The Morgan fingerprint density at radius 1 is 1.40 bits per heavy atom. The van der Waals surface area contributed by atoms with Gasteiger partial charge in [-0.15, -0.1) is 0 Å². The van der Waals surface area contributed by atoms with Crippen LogP contribution in [0.5, 0.6) is 0 Å². The van der Waals surface area contributed by atoms with E-state index >= 15 is 0 Å². The highest BCUT2D eigenvalue weighted by Crippen LogP contribution is 2.28. The fourth-order valence-corrected chi connectivity index (χ4v) is 2.35. The van der Waals surface area contributed by atoms with Gasteiger partial charge >= 0.3 is 5.97 Å². The zero-order valence-electron chi connectivity index (χ0n) is 12.1. The highest BCUT2D eigenvalue weighted by Gasteiger charge is 2.35. The molecule has 1 N–H and O–H groups in total. The number of hydrogen-bond acceptors (Lipinski definition) is 4. The van der Waals surface area contributed by atoms with Gasteiger partial charge in [0.2, 0.25) is 0 Å². The van der Waals surface area contributed by atoms with Crippen molar-refractivity contribution >= 4 is 11.7 Å². The predicted molar refractivity (Wildman–Crippen MR) is 75.7 cm³/mol.